The molecule has 0 amide bonds. The largest absolute Gasteiger partial charge is 0.356 e. The normalized spacial score (nSPS) is 21.9. The van der Waals surface area contributed by atoms with E-state index in [2.05, 4.69) is 52.4 Å². The molecule has 1 heterocycles. The van der Waals surface area contributed by atoms with Gasteiger partial charge in [-0.1, -0.05) is 49.6 Å². The lowest BCUT2D eigenvalue weighted by Crippen LogP contribution is -2.54. The lowest BCUT2D eigenvalue weighted by atomic mass is 9.94. The number of nitrogens with zero attached hydrogens (tertiary/aromatic N) is 2. The summed E-state index contributed by atoms with van der Waals surface area (Å²) in [5.74, 6) is 0. The second kappa shape index (κ2) is 8.11. The Kier molecular flexibility index (Phi) is 5.90. The van der Waals surface area contributed by atoms with Crippen LogP contribution in [0.25, 0.3) is 0 Å². The zero-order valence-corrected chi connectivity index (χ0v) is 15.0. The second-order valence-electron chi connectivity index (χ2n) is 6.90. The minimum Gasteiger partial charge on any atom is -0.356 e. The maximum atomic E-state index is 5.64. The third-order valence-electron chi connectivity index (χ3n) is 5.33. The SMILES string of the molecule is C[C@H](NC(=S)N1CCN(C2CCCCC2)CC1)c1ccccc1. The van der Waals surface area contributed by atoms with Crippen LogP contribution in [-0.2, 0) is 0 Å². The number of piperazine rings is 1. The molecule has 3 rings (SSSR count). The fraction of sp³-hybridized carbons (Fsp3) is 0.632. The van der Waals surface area contributed by atoms with Crippen LogP contribution in [0, 0.1) is 0 Å². The summed E-state index contributed by atoms with van der Waals surface area (Å²) in [6, 6.07) is 11.6. The van der Waals surface area contributed by atoms with E-state index in [1.807, 2.05) is 0 Å². The van der Waals surface area contributed by atoms with Crippen LogP contribution in [0.4, 0.5) is 0 Å². The van der Waals surface area contributed by atoms with Crippen molar-refractivity contribution in [3.05, 3.63) is 35.9 Å². The molecule has 2 fully saturated rings. The quantitative estimate of drug-likeness (QED) is 0.853. The van der Waals surface area contributed by atoms with E-state index in [-0.39, 0.29) is 6.04 Å². The summed E-state index contributed by atoms with van der Waals surface area (Å²) in [5, 5.41) is 4.41. The van der Waals surface area contributed by atoms with E-state index in [4.69, 9.17) is 12.2 Å². The molecule has 1 N–H and O–H groups in total. The maximum absolute atomic E-state index is 5.64. The van der Waals surface area contributed by atoms with Crippen molar-refractivity contribution in [2.75, 3.05) is 26.2 Å². The zero-order chi connectivity index (χ0) is 16.1. The molecule has 3 nitrogen and oxygen atoms in total. The maximum Gasteiger partial charge on any atom is 0.169 e. The molecule has 0 radical (unpaired) electrons. The standard InChI is InChI=1S/C19H29N3S/c1-16(17-8-4-2-5-9-17)20-19(23)22-14-12-21(13-15-22)18-10-6-3-7-11-18/h2,4-5,8-9,16,18H,3,6-7,10-15H2,1H3,(H,20,23)/t16-/m0/s1. The van der Waals surface area contributed by atoms with Crippen molar-refractivity contribution in [3.63, 3.8) is 0 Å². The third kappa shape index (κ3) is 4.45. The molecule has 1 aromatic rings. The number of nitrogens with one attached hydrogen (secondary N) is 1. The highest BCUT2D eigenvalue weighted by Crippen LogP contribution is 2.23. The fourth-order valence-electron chi connectivity index (χ4n) is 3.84. The topological polar surface area (TPSA) is 18.5 Å². The summed E-state index contributed by atoms with van der Waals surface area (Å²) in [5.41, 5.74) is 1.29. The van der Waals surface area contributed by atoms with Crippen LogP contribution in [0.2, 0.25) is 0 Å². The van der Waals surface area contributed by atoms with Gasteiger partial charge >= 0.3 is 0 Å². The van der Waals surface area contributed by atoms with Crippen molar-refractivity contribution in [2.45, 2.75) is 51.1 Å². The van der Waals surface area contributed by atoms with Gasteiger partial charge in [-0.05, 0) is 37.5 Å². The lowest BCUT2D eigenvalue weighted by Gasteiger charge is -2.41. The molecule has 23 heavy (non-hydrogen) atoms. The summed E-state index contributed by atoms with van der Waals surface area (Å²) in [6.07, 6.45) is 7.06. The number of rotatable bonds is 3. The Hall–Kier alpha value is -1.13. The van der Waals surface area contributed by atoms with Gasteiger partial charge in [0.05, 0.1) is 6.04 Å². The van der Waals surface area contributed by atoms with Crippen molar-refractivity contribution in [1.82, 2.24) is 15.1 Å². The molecule has 0 unspecified atom stereocenters. The van der Waals surface area contributed by atoms with Crippen LogP contribution in [0.1, 0.15) is 50.6 Å². The average molecular weight is 332 g/mol. The van der Waals surface area contributed by atoms with Gasteiger partial charge in [0.25, 0.3) is 0 Å². The Bertz CT molecular complexity index is 491. The molecule has 0 spiro atoms. The summed E-state index contributed by atoms with van der Waals surface area (Å²) in [4.78, 5) is 5.03. The molecule has 0 aromatic heterocycles. The molecule has 2 aliphatic rings. The Balaban J connectivity index is 1.46. The van der Waals surface area contributed by atoms with Gasteiger partial charge in [-0.15, -0.1) is 0 Å². The van der Waals surface area contributed by atoms with Crippen LogP contribution in [0.15, 0.2) is 30.3 Å². The third-order valence-corrected chi connectivity index (χ3v) is 5.71. The Morgan fingerprint density at radius 3 is 2.35 bits per heavy atom. The molecular formula is C19H29N3S. The minimum atomic E-state index is 0.264. The number of thiocarbonyl (C=S) groups is 1. The highest BCUT2D eigenvalue weighted by atomic mass is 32.1. The molecule has 1 aliphatic heterocycles. The van der Waals surface area contributed by atoms with Crippen LogP contribution in [-0.4, -0.2) is 47.1 Å². The molecule has 0 bridgehead atoms. The van der Waals surface area contributed by atoms with E-state index in [0.29, 0.717) is 0 Å². The van der Waals surface area contributed by atoms with Gasteiger partial charge in [0, 0.05) is 32.2 Å². The minimum absolute atomic E-state index is 0.264. The van der Waals surface area contributed by atoms with Crippen molar-refractivity contribution in [1.29, 1.82) is 0 Å². The Morgan fingerprint density at radius 1 is 1.04 bits per heavy atom. The van der Waals surface area contributed by atoms with Crippen LogP contribution in [0.5, 0.6) is 0 Å². The van der Waals surface area contributed by atoms with E-state index in [0.717, 1.165) is 37.3 Å². The summed E-state index contributed by atoms with van der Waals surface area (Å²) in [6.45, 7) is 6.62. The molecule has 4 heteroatoms. The van der Waals surface area contributed by atoms with Crippen molar-refractivity contribution < 1.29 is 0 Å². The van der Waals surface area contributed by atoms with Crippen LogP contribution < -0.4 is 5.32 Å². The summed E-state index contributed by atoms with van der Waals surface area (Å²) >= 11 is 5.64. The van der Waals surface area contributed by atoms with Crippen molar-refractivity contribution in [3.8, 4) is 0 Å². The molecule has 1 aliphatic carbocycles. The fourth-order valence-corrected chi connectivity index (χ4v) is 4.20. The molecule has 1 saturated heterocycles. The monoisotopic (exact) mass is 331 g/mol. The van der Waals surface area contributed by atoms with Gasteiger partial charge in [-0.3, -0.25) is 4.90 Å². The number of hydrogen-bond acceptors (Lipinski definition) is 2. The smallest absolute Gasteiger partial charge is 0.169 e. The van der Waals surface area contributed by atoms with Gasteiger partial charge in [-0.2, -0.15) is 0 Å². The summed E-state index contributed by atoms with van der Waals surface area (Å²) < 4.78 is 0. The van der Waals surface area contributed by atoms with E-state index >= 15 is 0 Å². The molecular weight excluding hydrogens is 302 g/mol. The van der Waals surface area contributed by atoms with E-state index in [1.165, 1.54) is 37.7 Å². The van der Waals surface area contributed by atoms with Gasteiger partial charge in [0.15, 0.2) is 5.11 Å². The number of benzene rings is 1. The second-order valence-corrected chi connectivity index (χ2v) is 7.28. The molecule has 1 aromatic carbocycles. The first-order valence-corrected chi connectivity index (χ1v) is 9.49. The average Bonchev–Trinajstić information content (AvgIpc) is 2.63. The first-order chi connectivity index (χ1) is 11.2. The first-order valence-electron chi connectivity index (χ1n) is 9.08. The highest BCUT2D eigenvalue weighted by Gasteiger charge is 2.26. The Morgan fingerprint density at radius 2 is 1.70 bits per heavy atom. The van der Waals surface area contributed by atoms with E-state index in [1.54, 1.807) is 0 Å². The molecule has 1 atom stereocenters. The van der Waals surface area contributed by atoms with Crippen molar-refractivity contribution in [2.24, 2.45) is 0 Å². The predicted molar refractivity (Wildman–Crippen MR) is 101 cm³/mol. The van der Waals surface area contributed by atoms with Gasteiger partial charge in [0.1, 0.15) is 0 Å². The van der Waals surface area contributed by atoms with Gasteiger partial charge in [-0.25, -0.2) is 0 Å². The van der Waals surface area contributed by atoms with E-state index < -0.39 is 0 Å². The number of hydrogen-bond donors (Lipinski definition) is 1. The molecule has 126 valence electrons. The first kappa shape index (κ1) is 16.7. The highest BCUT2D eigenvalue weighted by molar-refractivity contribution is 7.80. The van der Waals surface area contributed by atoms with Crippen LogP contribution in [0.3, 0.4) is 0 Å². The zero-order valence-electron chi connectivity index (χ0n) is 14.2. The van der Waals surface area contributed by atoms with Gasteiger partial charge in [0.2, 0.25) is 0 Å². The van der Waals surface area contributed by atoms with E-state index in [9.17, 15) is 0 Å². The summed E-state index contributed by atoms with van der Waals surface area (Å²) in [7, 11) is 0. The van der Waals surface area contributed by atoms with Gasteiger partial charge < -0.3 is 10.2 Å². The lowest BCUT2D eigenvalue weighted by molar-refractivity contribution is 0.106. The van der Waals surface area contributed by atoms with Crippen LogP contribution >= 0.6 is 12.2 Å². The Labute approximate surface area is 146 Å². The predicted octanol–water partition coefficient (Wildman–Crippen LogP) is 3.57. The van der Waals surface area contributed by atoms with Crippen molar-refractivity contribution >= 4 is 17.3 Å². The molecule has 1 saturated carbocycles.